The molecule has 6 aromatic rings. The summed E-state index contributed by atoms with van der Waals surface area (Å²) in [5, 5.41) is 11.4. The first kappa shape index (κ1) is 22.0. The molecule has 0 aliphatic heterocycles. The number of benzene rings is 5. The molecule has 0 aliphatic carbocycles. The third-order valence-electron chi connectivity index (χ3n) is 6.17. The first-order chi connectivity index (χ1) is 18.2. The number of para-hydroxylation sites is 3. The van der Waals surface area contributed by atoms with E-state index in [2.05, 4.69) is 39.7 Å². The molecule has 5 aromatic carbocycles. The van der Waals surface area contributed by atoms with Crippen molar-refractivity contribution in [3.63, 3.8) is 0 Å². The van der Waals surface area contributed by atoms with Crippen molar-refractivity contribution in [1.82, 2.24) is 4.57 Å². The fourth-order valence-electron chi connectivity index (χ4n) is 4.49. The van der Waals surface area contributed by atoms with Gasteiger partial charge in [-0.1, -0.05) is 54.6 Å². The molecule has 0 saturated heterocycles. The zero-order valence-electron chi connectivity index (χ0n) is 19.6. The average Bonchev–Trinajstić information content (AvgIpc) is 3.28. The number of hydrogen-bond acceptors (Lipinski definition) is 3. The highest BCUT2D eigenvalue weighted by Gasteiger charge is 2.20. The Kier molecular flexibility index (Phi) is 5.50. The van der Waals surface area contributed by atoms with Crippen molar-refractivity contribution in [2.45, 2.75) is 0 Å². The van der Waals surface area contributed by atoms with Crippen LogP contribution < -0.4 is 9.47 Å². The topological polar surface area (TPSA) is 51.5 Å². The van der Waals surface area contributed by atoms with Gasteiger partial charge in [-0.2, -0.15) is 5.26 Å². The smallest absolute Gasteiger partial charge is 0.187 e. The number of aromatic nitrogens is 1. The molecule has 0 spiro atoms. The van der Waals surface area contributed by atoms with Gasteiger partial charge >= 0.3 is 0 Å². The summed E-state index contributed by atoms with van der Waals surface area (Å²) in [7, 11) is 0. The van der Waals surface area contributed by atoms with Gasteiger partial charge in [-0.05, 0) is 60.7 Å². The third-order valence-corrected chi connectivity index (χ3v) is 6.17. The molecule has 0 atom stereocenters. The fraction of sp³-hybridized carbons (Fsp3) is 0. The summed E-state index contributed by atoms with van der Waals surface area (Å²) in [5.41, 5.74) is 3.90. The monoisotopic (exact) mass is 477 g/mol. The number of nitrogens with zero attached hydrogens (tertiary/aromatic N) is 3. The highest BCUT2D eigenvalue weighted by Crippen LogP contribution is 2.42. The molecule has 174 valence electrons. The van der Waals surface area contributed by atoms with E-state index in [1.54, 1.807) is 48.5 Å². The Morgan fingerprint density at radius 2 is 1.14 bits per heavy atom. The third kappa shape index (κ3) is 4.01. The van der Waals surface area contributed by atoms with Gasteiger partial charge in [0, 0.05) is 10.8 Å². The number of ether oxygens (including phenoxy) is 2. The molecule has 6 rings (SSSR count). The quantitative estimate of drug-likeness (QED) is 0.233. The lowest BCUT2D eigenvalue weighted by molar-refractivity contribution is 0.457. The average molecular weight is 478 g/mol. The molecule has 1 heterocycles. The van der Waals surface area contributed by atoms with Crippen LogP contribution in [0.4, 0.5) is 5.69 Å². The van der Waals surface area contributed by atoms with Crippen LogP contribution in [0.1, 0.15) is 5.56 Å². The summed E-state index contributed by atoms with van der Waals surface area (Å²) in [6.07, 6.45) is 0. The highest BCUT2D eigenvalue weighted by molar-refractivity contribution is 6.09. The van der Waals surface area contributed by atoms with E-state index in [1.165, 1.54) is 0 Å². The van der Waals surface area contributed by atoms with Crippen LogP contribution in [0.2, 0.25) is 0 Å². The molecule has 37 heavy (non-hydrogen) atoms. The summed E-state index contributed by atoms with van der Waals surface area (Å²) in [6.45, 7) is 7.22. The number of rotatable bonds is 5. The van der Waals surface area contributed by atoms with Gasteiger partial charge in [0.2, 0.25) is 0 Å². The molecular formula is C32H19N3O2. The molecule has 0 N–H and O–H groups in total. The van der Waals surface area contributed by atoms with Gasteiger partial charge in [-0.15, -0.1) is 0 Å². The Hall–Kier alpha value is -5.52. The molecule has 0 bridgehead atoms. The largest absolute Gasteiger partial charge is 0.455 e. The van der Waals surface area contributed by atoms with Gasteiger partial charge in [0.05, 0.1) is 29.2 Å². The van der Waals surface area contributed by atoms with Gasteiger partial charge < -0.3 is 14.0 Å². The minimum absolute atomic E-state index is 0.549. The molecule has 0 fully saturated rings. The van der Waals surface area contributed by atoms with Crippen molar-refractivity contribution in [2.75, 3.05) is 0 Å². The molecule has 1 aromatic heterocycles. The number of nitriles is 1. The lowest BCUT2D eigenvalue weighted by Gasteiger charge is -2.19. The van der Waals surface area contributed by atoms with E-state index >= 15 is 0 Å². The van der Waals surface area contributed by atoms with Gasteiger partial charge in [-0.25, -0.2) is 4.85 Å². The Morgan fingerprint density at radius 1 is 0.622 bits per heavy atom. The van der Waals surface area contributed by atoms with E-state index in [1.807, 2.05) is 42.5 Å². The number of fused-ring (bicyclic) bond motifs is 3. The Bertz CT molecular complexity index is 1710. The van der Waals surface area contributed by atoms with Crippen LogP contribution in [-0.2, 0) is 0 Å². The predicted molar refractivity (Wildman–Crippen MR) is 145 cm³/mol. The van der Waals surface area contributed by atoms with E-state index < -0.39 is 0 Å². The minimum Gasteiger partial charge on any atom is -0.455 e. The van der Waals surface area contributed by atoms with Gasteiger partial charge in [0.15, 0.2) is 17.2 Å². The van der Waals surface area contributed by atoms with Crippen molar-refractivity contribution >= 4 is 27.5 Å². The van der Waals surface area contributed by atoms with Crippen molar-refractivity contribution in [3.8, 4) is 34.8 Å². The highest BCUT2D eigenvalue weighted by atomic mass is 16.5. The summed E-state index contributed by atoms with van der Waals surface area (Å²) >= 11 is 0. The van der Waals surface area contributed by atoms with Crippen LogP contribution in [0.25, 0.3) is 32.3 Å². The Balaban J connectivity index is 1.58. The second-order valence-corrected chi connectivity index (χ2v) is 8.42. The summed E-state index contributed by atoms with van der Waals surface area (Å²) < 4.78 is 15.0. The maximum absolute atomic E-state index is 9.17. The maximum Gasteiger partial charge on any atom is 0.187 e. The van der Waals surface area contributed by atoms with Crippen molar-refractivity contribution in [3.05, 3.63) is 132 Å². The molecule has 5 heteroatoms. The first-order valence-corrected chi connectivity index (χ1v) is 11.7. The van der Waals surface area contributed by atoms with Gasteiger partial charge in [0.25, 0.3) is 0 Å². The molecule has 5 nitrogen and oxygen atoms in total. The lowest BCUT2D eigenvalue weighted by Crippen LogP contribution is -2.01. The number of hydrogen-bond donors (Lipinski definition) is 0. The van der Waals surface area contributed by atoms with Crippen LogP contribution in [-0.4, -0.2) is 4.57 Å². The molecule has 0 radical (unpaired) electrons. The Morgan fingerprint density at radius 3 is 1.65 bits per heavy atom. The molecule has 0 saturated carbocycles. The van der Waals surface area contributed by atoms with E-state index in [0.29, 0.717) is 34.2 Å². The zero-order valence-corrected chi connectivity index (χ0v) is 19.6. The van der Waals surface area contributed by atoms with E-state index in [-0.39, 0.29) is 0 Å². The van der Waals surface area contributed by atoms with Gasteiger partial charge in [-0.3, -0.25) is 0 Å². The van der Waals surface area contributed by atoms with Crippen LogP contribution in [0.5, 0.6) is 23.0 Å². The SMILES string of the molecule is [C-]#[N+]c1ccc(Oc2cccc(Oc3ccc(C#N)cc3)c2-n2c3ccccc3c3ccccc32)cc1. The first-order valence-electron chi connectivity index (χ1n) is 11.7. The fourth-order valence-corrected chi connectivity index (χ4v) is 4.49. The zero-order chi connectivity index (χ0) is 25.2. The minimum atomic E-state index is 0.549. The van der Waals surface area contributed by atoms with Crippen molar-refractivity contribution in [2.24, 2.45) is 0 Å². The van der Waals surface area contributed by atoms with E-state index in [0.717, 1.165) is 27.5 Å². The van der Waals surface area contributed by atoms with Crippen LogP contribution in [0.3, 0.4) is 0 Å². The van der Waals surface area contributed by atoms with Crippen LogP contribution in [0, 0.1) is 17.9 Å². The second kappa shape index (κ2) is 9.26. The summed E-state index contributed by atoms with van der Waals surface area (Å²) in [4.78, 5) is 3.47. The standard InChI is InChI=1S/C32H19N3O2/c1-34-23-15-19-25(20-16-23)37-31-12-6-11-30(36-24-17-13-22(21-33)14-18-24)32(31)35-28-9-4-2-7-26(28)27-8-3-5-10-29(27)35/h2-20H. The maximum atomic E-state index is 9.17. The van der Waals surface area contributed by atoms with Crippen LogP contribution >= 0.6 is 0 Å². The molecular weight excluding hydrogens is 458 g/mol. The molecule has 0 amide bonds. The van der Waals surface area contributed by atoms with Crippen molar-refractivity contribution in [1.29, 1.82) is 5.26 Å². The van der Waals surface area contributed by atoms with Gasteiger partial charge in [0.1, 0.15) is 17.2 Å². The van der Waals surface area contributed by atoms with Crippen LogP contribution in [0.15, 0.2) is 115 Å². The summed E-state index contributed by atoms with van der Waals surface area (Å²) in [6, 6.07) is 38.4. The second-order valence-electron chi connectivity index (χ2n) is 8.42. The summed E-state index contributed by atoms with van der Waals surface area (Å²) in [5.74, 6) is 2.43. The normalized spacial score (nSPS) is 10.6. The molecule has 0 aliphatic rings. The lowest BCUT2D eigenvalue weighted by atomic mass is 10.2. The predicted octanol–water partition coefficient (Wildman–Crippen LogP) is 8.79. The van der Waals surface area contributed by atoms with E-state index in [4.69, 9.17) is 16.0 Å². The van der Waals surface area contributed by atoms with E-state index in [9.17, 15) is 5.26 Å². The Labute approximate surface area is 213 Å². The van der Waals surface area contributed by atoms with Crippen molar-refractivity contribution < 1.29 is 9.47 Å². The molecule has 0 unspecified atom stereocenters.